The van der Waals surface area contributed by atoms with Gasteiger partial charge in [0.25, 0.3) is 0 Å². The molecule has 0 spiro atoms. The number of nitrogens with one attached hydrogen (secondary N) is 1. The van der Waals surface area contributed by atoms with Gasteiger partial charge in [0.2, 0.25) is 0 Å². The van der Waals surface area contributed by atoms with Gasteiger partial charge in [0.05, 0.1) is 0 Å². The van der Waals surface area contributed by atoms with Gasteiger partial charge in [-0.3, -0.25) is 0 Å². The van der Waals surface area contributed by atoms with Crippen LogP contribution in [0.4, 0.5) is 0 Å². The highest BCUT2D eigenvalue weighted by Gasteiger charge is 2.09. The van der Waals surface area contributed by atoms with Crippen LogP contribution in [0.15, 0.2) is 48.5 Å². The van der Waals surface area contributed by atoms with Crippen LogP contribution >= 0.6 is 0 Å². The van der Waals surface area contributed by atoms with Gasteiger partial charge in [-0.2, -0.15) is 0 Å². The molecule has 1 aliphatic heterocycles. The molecule has 0 fully saturated rings. The molecule has 0 unspecified atom stereocenters. The molecule has 2 aromatic carbocycles. The summed E-state index contributed by atoms with van der Waals surface area (Å²) in [7, 11) is 0. The van der Waals surface area contributed by atoms with E-state index >= 15 is 0 Å². The number of hydrogen-bond donors (Lipinski definition) is 1. The number of fused-ring (bicyclic) bond motifs is 1. The van der Waals surface area contributed by atoms with E-state index in [1.807, 2.05) is 6.07 Å². The predicted octanol–water partition coefficient (Wildman–Crippen LogP) is 2.97. The lowest BCUT2D eigenvalue weighted by Gasteiger charge is -2.07. The van der Waals surface area contributed by atoms with Crippen LogP contribution in [-0.4, -0.2) is 13.1 Å². The first-order valence-electron chi connectivity index (χ1n) is 7.28. The fourth-order valence-corrected chi connectivity index (χ4v) is 2.68. The van der Waals surface area contributed by atoms with Gasteiger partial charge in [-0.25, -0.2) is 0 Å². The van der Waals surface area contributed by atoms with Gasteiger partial charge in [-0.05, 0) is 48.7 Å². The largest absolute Gasteiger partial charge is 0.316 e. The van der Waals surface area contributed by atoms with Crippen LogP contribution in [0.3, 0.4) is 0 Å². The maximum absolute atomic E-state index is 3.46. The van der Waals surface area contributed by atoms with Crippen LogP contribution < -0.4 is 5.32 Å². The fourth-order valence-electron chi connectivity index (χ4n) is 2.68. The van der Waals surface area contributed by atoms with E-state index in [1.165, 1.54) is 22.3 Å². The van der Waals surface area contributed by atoms with Gasteiger partial charge in [0, 0.05) is 12.0 Å². The minimum atomic E-state index is 0.822. The van der Waals surface area contributed by atoms with Crippen molar-refractivity contribution in [2.75, 3.05) is 13.1 Å². The number of benzene rings is 2. The summed E-state index contributed by atoms with van der Waals surface area (Å²) in [5, 5.41) is 3.46. The van der Waals surface area contributed by atoms with E-state index in [1.54, 1.807) is 0 Å². The van der Waals surface area contributed by atoms with E-state index in [2.05, 4.69) is 59.6 Å². The summed E-state index contributed by atoms with van der Waals surface area (Å²) in [6.45, 7) is 2.14. The maximum Gasteiger partial charge on any atom is 0.0344 e. The second-order valence-corrected chi connectivity index (χ2v) is 5.16. The first-order valence-corrected chi connectivity index (χ1v) is 7.28. The molecule has 0 aromatic heterocycles. The first-order chi connectivity index (χ1) is 9.93. The van der Waals surface area contributed by atoms with Crippen molar-refractivity contribution in [2.24, 2.45) is 0 Å². The Morgan fingerprint density at radius 3 is 2.65 bits per heavy atom. The van der Waals surface area contributed by atoms with E-state index in [4.69, 9.17) is 0 Å². The average molecular weight is 261 g/mol. The molecule has 1 N–H and O–H groups in total. The third kappa shape index (κ3) is 3.10. The minimum absolute atomic E-state index is 0.822. The molecule has 0 saturated heterocycles. The molecule has 100 valence electrons. The summed E-state index contributed by atoms with van der Waals surface area (Å²) >= 11 is 0. The molecule has 0 amide bonds. The highest BCUT2D eigenvalue weighted by atomic mass is 14.8. The Morgan fingerprint density at radius 1 is 0.900 bits per heavy atom. The average Bonchev–Trinajstić information content (AvgIpc) is 2.74. The van der Waals surface area contributed by atoms with E-state index in [9.17, 15) is 0 Å². The molecule has 2 aromatic rings. The third-order valence-corrected chi connectivity index (χ3v) is 3.75. The Hall–Kier alpha value is -2.04. The molecular formula is C19H19N. The van der Waals surface area contributed by atoms with Gasteiger partial charge >= 0.3 is 0 Å². The molecule has 20 heavy (non-hydrogen) atoms. The molecule has 0 bridgehead atoms. The summed E-state index contributed by atoms with van der Waals surface area (Å²) in [6.07, 6.45) is 3.03. The topological polar surface area (TPSA) is 12.0 Å². The standard InChI is InChI=1S/C19H19N/c1-2-6-16(7-3-1)8-4-9-17-10-5-11-18-12-14-20-15-13-19(17)18/h1-3,5-7,10-11,20H,8,12-15H2. The van der Waals surface area contributed by atoms with Gasteiger partial charge < -0.3 is 5.32 Å². The quantitative estimate of drug-likeness (QED) is 0.778. The van der Waals surface area contributed by atoms with Crippen molar-refractivity contribution in [3.05, 3.63) is 70.8 Å². The second kappa shape index (κ2) is 6.41. The highest BCUT2D eigenvalue weighted by Crippen LogP contribution is 2.17. The van der Waals surface area contributed by atoms with Crippen LogP contribution in [0, 0.1) is 11.8 Å². The van der Waals surface area contributed by atoms with Crippen LogP contribution in [0.1, 0.15) is 22.3 Å². The molecule has 0 saturated carbocycles. The Kier molecular flexibility index (Phi) is 4.16. The first kappa shape index (κ1) is 13.0. The van der Waals surface area contributed by atoms with Crippen LogP contribution in [-0.2, 0) is 19.3 Å². The molecule has 0 aliphatic carbocycles. The van der Waals surface area contributed by atoms with Gasteiger partial charge in [0.1, 0.15) is 0 Å². The van der Waals surface area contributed by atoms with Gasteiger partial charge in [-0.15, -0.1) is 0 Å². The molecule has 1 heterocycles. The predicted molar refractivity (Wildman–Crippen MR) is 83.7 cm³/mol. The highest BCUT2D eigenvalue weighted by molar-refractivity contribution is 5.47. The zero-order chi connectivity index (χ0) is 13.6. The van der Waals surface area contributed by atoms with Crippen molar-refractivity contribution in [1.29, 1.82) is 0 Å². The van der Waals surface area contributed by atoms with Crippen molar-refractivity contribution >= 4 is 0 Å². The summed E-state index contributed by atoms with van der Waals surface area (Å²) < 4.78 is 0. The molecule has 0 atom stereocenters. The minimum Gasteiger partial charge on any atom is -0.316 e. The molecule has 1 nitrogen and oxygen atoms in total. The Morgan fingerprint density at radius 2 is 1.75 bits per heavy atom. The normalized spacial score (nSPS) is 13.8. The van der Waals surface area contributed by atoms with Crippen molar-refractivity contribution in [1.82, 2.24) is 5.32 Å². The molecule has 0 radical (unpaired) electrons. The number of rotatable bonds is 1. The smallest absolute Gasteiger partial charge is 0.0344 e. The van der Waals surface area contributed by atoms with E-state index in [0.717, 1.165) is 32.4 Å². The lowest BCUT2D eigenvalue weighted by atomic mass is 9.97. The van der Waals surface area contributed by atoms with E-state index < -0.39 is 0 Å². The zero-order valence-corrected chi connectivity index (χ0v) is 11.7. The van der Waals surface area contributed by atoms with E-state index in [0.29, 0.717) is 0 Å². The third-order valence-electron chi connectivity index (χ3n) is 3.75. The summed E-state index contributed by atoms with van der Waals surface area (Å²) in [6, 6.07) is 17.0. The van der Waals surface area contributed by atoms with Gasteiger partial charge in [0.15, 0.2) is 0 Å². The lowest BCUT2D eigenvalue weighted by Crippen LogP contribution is -2.16. The summed E-state index contributed by atoms with van der Waals surface area (Å²) in [4.78, 5) is 0. The monoisotopic (exact) mass is 261 g/mol. The number of hydrogen-bond acceptors (Lipinski definition) is 1. The Bertz CT molecular complexity index is 632. The van der Waals surface area contributed by atoms with Crippen molar-refractivity contribution in [3.8, 4) is 11.8 Å². The molecule has 1 aliphatic rings. The molecular weight excluding hydrogens is 242 g/mol. The van der Waals surface area contributed by atoms with Crippen LogP contribution in [0.5, 0.6) is 0 Å². The molecule has 1 heteroatoms. The lowest BCUT2D eigenvalue weighted by molar-refractivity contribution is 0.711. The van der Waals surface area contributed by atoms with Crippen molar-refractivity contribution in [3.63, 3.8) is 0 Å². The Labute approximate surface area is 121 Å². The maximum atomic E-state index is 3.46. The fraction of sp³-hybridized carbons (Fsp3) is 0.263. The SMILES string of the molecule is C(#Cc1cccc2c1CCNCC2)Cc1ccccc1. The van der Waals surface area contributed by atoms with Crippen LogP contribution in [0.2, 0.25) is 0 Å². The van der Waals surface area contributed by atoms with Crippen molar-refractivity contribution < 1.29 is 0 Å². The second-order valence-electron chi connectivity index (χ2n) is 5.16. The van der Waals surface area contributed by atoms with Crippen molar-refractivity contribution in [2.45, 2.75) is 19.3 Å². The zero-order valence-electron chi connectivity index (χ0n) is 11.7. The van der Waals surface area contributed by atoms with Crippen LogP contribution in [0.25, 0.3) is 0 Å². The summed E-state index contributed by atoms with van der Waals surface area (Å²) in [5.41, 5.74) is 5.39. The Balaban J connectivity index is 1.81. The van der Waals surface area contributed by atoms with Gasteiger partial charge in [-0.1, -0.05) is 54.3 Å². The molecule has 3 rings (SSSR count). The van der Waals surface area contributed by atoms with E-state index in [-0.39, 0.29) is 0 Å². The summed E-state index contributed by atoms with van der Waals surface area (Å²) in [5.74, 6) is 6.69.